The minimum atomic E-state index is -0.429. The van der Waals surface area contributed by atoms with E-state index in [1.54, 1.807) is 37.5 Å². The number of carbonyl (C=O) groups excluding carboxylic acids is 1. The van der Waals surface area contributed by atoms with E-state index in [9.17, 15) is 9.90 Å². The molecule has 32 heavy (non-hydrogen) atoms. The predicted molar refractivity (Wildman–Crippen MR) is 129 cm³/mol. The number of ether oxygens (including phenoxy) is 1. The van der Waals surface area contributed by atoms with Crippen LogP contribution in [-0.4, -0.2) is 53.2 Å². The number of carbonyl (C=O) groups is 1. The van der Waals surface area contributed by atoms with Crippen molar-refractivity contribution in [1.29, 1.82) is 0 Å². The number of nitrogens with zero attached hydrogens (tertiary/aromatic N) is 2. The van der Waals surface area contributed by atoms with Crippen molar-refractivity contribution in [3.63, 3.8) is 0 Å². The molecule has 1 fully saturated rings. The summed E-state index contributed by atoms with van der Waals surface area (Å²) in [5.41, 5.74) is 2.67. The van der Waals surface area contributed by atoms with Gasteiger partial charge in [-0.25, -0.2) is 0 Å². The van der Waals surface area contributed by atoms with Gasteiger partial charge in [0.1, 0.15) is 5.75 Å². The Hall–Kier alpha value is -2.89. The average Bonchev–Trinajstić information content (AvgIpc) is 2.97. The van der Waals surface area contributed by atoms with Crippen molar-refractivity contribution in [3.05, 3.63) is 71.9 Å². The number of β-amino-alcohol motifs (C(OH)–C–C–N with tert-alkyl or cyclic N) is 1. The number of rotatable bonds is 8. The molecule has 1 aliphatic rings. The highest BCUT2D eigenvalue weighted by molar-refractivity contribution is 6.07. The molecule has 1 aromatic heterocycles. The van der Waals surface area contributed by atoms with Gasteiger partial charge in [0, 0.05) is 41.3 Å². The number of likely N-dealkylation sites (tertiary alicyclic amines) is 1. The van der Waals surface area contributed by atoms with Crippen molar-refractivity contribution in [2.24, 2.45) is 0 Å². The number of aromatic nitrogens is 1. The summed E-state index contributed by atoms with van der Waals surface area (Å²) in [6, 6.07) is 15.3. The number of para-hydroxylation sites is 1. The van der Waals surface area contributed by atoms with Gasteiger partial charge in [0.15, 0.2) is 5.78 Å². The van der Waals surface area contributed by atoms with Crippen molar-refractivity contribution in [3.8, 4) is 5.75 Å². The van der Waals surface area contributed by atoms with Crippen molar-refractivity contribution >= 4 is 22.8 Å². The van der Waals surface area contributed by atoms with Gasteiger partial charge in [-0.2, -0.15) is 0 Å². The average molecular weight is 433 g/mol. The van der Waals surface area contributed by atoms with E-state index in [-0.39, 0.29) is 5.78 Å². The van der Waals surface area contributed by atoms with Gasteiger partial charge in [0.25, 0.3) is 0 Å². The zero-order chi connectivity index (χ0) is 22.3. The summed E-state index contributed by atoms with van der Waals surface area (Å²) >= 11 is 0. The molecule has 1 saturated heterocycles. The van der Waals surface area contributed by atoms with Gasteiger partial charge >= 0.3 is 0 Å². The maximum absolute atomic E-state index is 12.6. The summed E-state index contributed by atoms with van der Waals surface area (Å²) in [6.45, 7) is 3.39. The molecule has 168 valence electrons. The second kappa shape index (κ2) is 10.6. The normalized spacial score (nSPS) is 16.3. The van der Waals surface area contributed by atoms with E-state index in [2.05, 4.69) is 21.6 Å². The van der Waals surface area contributed by atoms with E-state index in [1.807, 2.05) is 24.4 Å². The Labute approximate surface area is 189 Å². The molecule has 3 aromatic rings. The van der Waals surface area contributed by atoms with Crippen LogP contribution in [0.3, 0.4) is 0 Å². The lowest BCUT2D eigenvalue weighted by atomic mass is 10.1. The van der Waals surface area contributed by atoms with Crippen LogP contribution >= 0.6 is 0 Å². The Morgan fingerprint density at radius 2 is 1.75 bits per heavy atom. The molecule has 0 radical (unpaired) electrons. The van der Waals surface area contributed by atoms with E-state index < -0.39 is 6.10 Å². The van der Waals surface area contributed by atoms with Crippen LogP contribution in [0.15, 0.2) is 60.8 Å². The molecule has 0 spiro atoms. The summed E-state index contributed by atoms with van der Waals surface area (Å²) in [6.07, 6.45) is 10.1. The molecule has 0 saturated carbocycles. The Morgan fingerprint density at radius 3 is 2.47 bits per heavy atom. The summed E-state index contributed by atoms with van der Waals surface area (Å²) in [4.78, 5) is 15.0. The van der Waals surface area contributed by atoms with Crippen LogP contribution in [-0.2, 0) is 6.54 Å². The molecule has 0 amide bonds. The molecular formula is C27H32N2O3. The number of fused-ring (bicyclic) bond motifs is 1. The van der Waals surface area contributed by atoms with Crippen LogP contribution in [0.2, 0.25) is 0 Å². The number of ketones is 1. The topological polar surface area (TPSA) is 54.7 Å². The van der Waals surface area contributed by atoms with Crippen molar-refractivity contribution in [2.45, 2.75) is 38.3 Å². The Balaban J connectivity index is 1.49. The fourth-order valence-electron chi connectivity index (χ4n) is 4.48. The molecule has 1 N–H and O–H groups in total. The van der Waals surface area contributed by atoms with E-state index in [4.69, 9.17) is 4.74 Å². The lowest BCUT2D eigenvalue weighted by Crippen LogP contribution is -2.35. The Kier molecular flexibility index (Phi) is 7.40. The maximum atomic E-state index is 12.6. The largest absolute Gasteiger partial charge is 0.497 e. The number of hydrogen-bond donors (Lipinski definition) is 1. The number of hydrogen-bond acceptors (Lipinski definition) is 4. The van der Waals surface area contributed by atoms with Crippen LogP contribution in [0.1, 0.15) is 41.6 Å². The lowest BCUT2D eigenvalue weighted by molar-refractivity contribution is 0.101. The van der Waals surface area contributed by atoms with Crippen molar-refractivity contribution in [1.82, 2.24) is 9.47 Å². The molecule has 2 heterocycles. The minimum Gasteiger partial charge on any atom is -0.497 e. The standard InChI is InChI=1S/C27H32N2O3/c1-32-24-13-10-21(11-14-24)27(31)15-12-22-18-29(26-9-5-4-8-25(22)26)20-23(30)19-28-16-6-2-3-7-17-28/h4-5,8-15,18,23,30H,2-3,6-7,16-17,19-20H2,1H3/b15-12+/t23-/m1/s1. The second-order valence-corrected chi connectivity index (χ2v) is 8.55. The number of methoxy groups -OCH3 is 1. The van der Waals surface area contributed by atoms with Crippen LogP contribution in [0.5, 0.6) is 5.75 Å². The first-order chi connectivity index (χ1) is 15.6. The van der Waals surface area contributed by atoms with Crippen LogP contribution in [0.25, 0.3) is 17.0 Å². The van der Waals surface area contributed by atoms with Gasteiger partial charge in [-0.3, -0.25) is 4.79 Å². The third kappa shape index (κ3) is 5.47. The number of benzene rings is 2. The highest BCUT2D eigenvalue weighted by Gasteiger charge is 2.16. The van der Waals surface area contributed by atoms with E-state index in [0.29, 0.717) is 18.7 Å². The molecule has 2 aromatic carbocycles. The smallest absolute Gasteiger partial charge is 0.185 e. The summed E-state index contributed by atoms with van der Waals surface area (Å²) in [5, 5.41) is 11.9. The summed E-state index contributed by atoms with van der Waals surface area (Å²) < 4.78 is 7.27. The highest BCUT2D eigenvalue weighted by Crippen LogP contribution is 2.24. The van der Waals surface area contributed by atoms with Crippen LogP contribution < -0.4 is 4.74 Å². The molecule has 1 aliphatic heterocycles. The summed E-state index contributed by atoms with van der Waals surface area (Å²) in [7, 11) is 1.61. The monoisotopic (exact) mass is 432 g/mol. The molecule has 0 unspecified atom stereocenters. The molecular weight excluding hydrogens is 400 g/mol. The number of aliphatic hydroxyl groups is 1. The van der Waals surface area contributed by atoms with E-state index >= 15 is 0 Å². The van der Waals surface area contributed by atoms with Gasteiger partial charge in [0.2, 0.25) is 0 Å². The number of aliphatic hydroxyl groups excluding tert-OH is 1. The first kappa shape index (κ1) is 22.3. The Bertz CT molecular complexity index is 1060. The molecule has 5 nitrogen and oxygen atoms in total. The lowest BCUT2D eigenvalue weighted by Gasteiger charge is -2.23. The van der Waals surface area contributed by atoms with Gasteiger partial charge in [-0.15, -0.1) is 0 Å². The summed E-state index contributed by atoms with van der Waals surface area (Å²) in [5.74, 6) is 0.679. The zero-order valence-corrected chi connectivity index (χ0v) is 18.7. The fraction of sp³-hybridized carbons (Fsp3) is 0.370. The first-order valence-corrected chi connectivity index (χ1v) is 11.5. The molecule has 0 aliphatic carbocycles. The van der Waals surface area contributed by atoms with Gasteiger partial charge in [0.05, 0.1) is 13.2 Å². The Morgan fingerprint density at radius 1 is 1.03 bits per heavy atom. The zero-order valence-electron chi connectivity index (χ0n) is 18.7. The van der Waals surface area contributed by atoms with Crippen LogP contribution in [0, 0.1) is 0 Å². The molecule has 4 rings (SSSR count). The van der Waals surface area contributed by atoms with Gasteiger partial charge < -0.3 is 19.3 Å². The SMILES string of the molecule is COc1ccc(C(=O)/C=C/c2cn(C[C@H](O)CN3CCCCCC3)c3ccccc23)cc1. The maximum Gasteiger partial charge on any atom is 0.185 e. The fourth-order valence-corrected chi connectivity index (χ4v) is 4.48. The van der Waals surface area contributed by atoms with Gasteiger partial charge in [-0.05, 0) is 68.4 Å². The second-order valence-electron chi connectivity index (χ2n) is 8.55. The third-order valence-corrected chi connectivity index (χ3v) is 6.18. The number of allylic oxidation sites excluding steroid dienone is 1. The minimum absolute atomic E-state index is 0.0503. The van der Waals surface area contributed by atoms with Crippen LogP contribution in [0.4, 0.5) is 0 Å². The third-order valence-electron chi connectivity index (χ3n) is 6.18. The van der Waals surface area contributed by atoms with Gasteiger partial charge in [-0.1, -0.05) is 31.0 Å². The van der Waals surface area contributed by atoms with Crippen molar-refractivity contribution in [2.75, 3.05) is 26.7 Å². The van der Waals surface area contributed by atoms with E-state index in [1.165, 1.54) is 25.7 Å². The molecule has 1 atom stereocenters. The molecule has 0 bridgehead atoms. The highest BCUT2D eigenvalue weighted by atomic mass is 16.5. The first-order valence-electron chi connectivity index (χ1n) is 11.5. The van der Waals surface area contributed by atoms with Crippen molar-refractivity contribution < 1.29 is 14.6 Å². The predicted octanol–water partition coefficient (Wildman–Crippen LogP) is 4.78. The van der Waals surface area contributed by atoms with E-state index in [0.717, 1.165) is 35.3 Å². The quantitative estimate of drug-likeness (QED) is 0.411. The molecule has 5 heteroatoms.